The van der Waals surface area contributed by atoms with Crippen molar-refractivity contribution in [2.45, 2.75) is 27.7 Å². The van der Waals surface area contributed by atoms with Gasteiger partial charge in [0.2, 0.25) is 0 Å². The number of aromatic nitrogens is 4. The van der Waals surface area contributed by atoms with E-state index in [0.29, 0.717) is 5.15 Å². The lowest BCUT2D eigenvalue weighted by Crippen LogP contribution is -1.87. The third-order valence-corrected chi connectivity index (χ3v) is 2.38. The predicted molar refractivity (Wildman–Crippen MR) is 79.1 cm³/mol. The summed E-state index contributed by atoms with van der Waals surface area (Å²) < 4.78 is 15.0. The molecule has 0 N–H and O–H groups in total. The summed E-state index contributed by atoms with van der Waals surface area (Å²) in [6.45, 7) is 8.00. The van der Waals surface area contributed by atoms with Crippen LogP contribution in [0.4, 0.5) is 4.39 Å². The van der Waals surface area contributed by atoms with Crippen molar-refractivity contribution < 1.29 is 4.39 Å². The number of hydrogen-bond acceptors (Lipinski definition) is 2. The van der Waals surface area contributed by atoms with E-state index in [0.717, 1.165) is 6.20 Å². The van der Waals surface area contributed by atoms with Gasteiger partial charge in [0.15, 0.2) is 11.0 Å². The molecule has 4 nitrogen and oxygen atoms in total. The molecule has 0 aromatic carbocycles. The molecule has 0 radical (unpaired) electrons. The summed E-state index contributed by atoms with van der Waals surface area (Å²) in [4.78, 5) is 0. The van der Waals surface area contributed by atoms with Crippen LogP contribution in [0.5, 0.6) is 0 Å². The average Bonchev–Trinajstić information content (AvgIpc) is 2.96. The standard InChI is InChI=1S/C4H4ClFN2.C4H5ClN2.2C2H6/c1-8-4(5)3(6)2-7-8;1-7-4(5)2-3-6-7;2*1-2/h2H,1H3;2-3H,1H3;2*1-2H3. The van der Waals surface area contributed by atoms with Crippen LogP contribution in [0.2, 0.25) is 10.3 Å². The number of aryl methyl sites for hydroxylation is 2. The maximum atomic E-state index is 12.1. The van der Waals surface area contributed by atoms with E-state index in [2.05, 4.69) is 10.2 Å². The fourth-order valence-corrected chi connectivity index (χ4v) is 0.946. The Morgan fingerprint density at radius 2 is 1.53 bits per heavy atom. The smallest absolute Gasteiger partial charge is 0.180 e. The van der Waals surface area contributed by atoms with Crippen LogP contribution in [0.1, 0.15) is 27.7 Å². The first kappa shape index (κ1) is 20.3. The normalized spacial score (nSPS) is 8.26. The van der Waals surface area contributed by atoms with E-state index in [1.54, 1.807) is 31.0 Å². The highest BCUT2D eigenvalue weighted by atomic mass is 35.5. The van der Waals surface area contributed by atoms with Crippen LogP contribution in [0.15, 0.2) is 18.5 Å². The van der Waals surface area contributed by atoms with Gasteiger partial charge < -0.3 is 0 Å². The maximum Gasteiger partial charge on any atom is 0.180 e. The molecular formula is C12H21Cl2FN4. The zero-order valence-electron chi connectivity index (χ0n) is 12.2. The van der Waals surface area contributed by atoms with Crippen LogP contribution < -0.4 is 0 Å². The molecule has 19 heavy (non-hydrogen) atoms. The molecule has 0 aliphatic carbocycles. The van der Waals surface area contributed by atoms with Crippen LogP contribution in [0.25, 0.3) is 0 Å². The van der Waals surface area contributed by atoms with Crippen molar-refractivity contribution in [3.05, 3.63) is 34.6 Å². The highest BCUT2D eigenvalue weighted by molar-refractivity contribution is 6.29. The summed E-state index contributed by atoms with van der Waals surface area (Å²) in [6.07, 6.45) is 2.73. The molecule has 0 atom stereocenters. The lowest BCUT2D eigenvalue weighted by atomic mass is 10.7. The molecule has 0 amide bonds. The molecule has 0 saturated heterocycles. The summed E-state index contributed by atoms with van der Waals surface area (Å²) in [5.74, 6) is -0.478. The highest BCUT2D eigenvalue weighted by Crippen LogP contribution is 2.09. The second-order valence-corrected chi connectivity index (χ2v) is 3.43. The van der Waals surface area contributed by atoms with Crippen molar-refractivity contribution in [2.24, 2.45) is 14.1 Å². The van der Waals surface area contributed by atoms with Gasteiger partial charge in [-0.25, -0.2) is 4.39 Å². The van der Waals surface area contributed by atoms with Crippen LogP contribution in [0, 0.1) is 5.82 Å². The van der Waals surface area contributed by atoms with Gasteiger partial charge in [-0.1, -0.05) is 50.9 Å². The van der Waals surface area contributed by atoms with Crippen LogP contribution >= 0.6 is 23.2 Å². The topological polar surface area (TPSA) is 35.6 Å². The molecule has 2 rings (SSSR count). The molecular weight excluding hydrogens is 290 g/mol. The van der Waals surface area contributed by atoms with E-state index < -0.39 is 5.82 Å². The minimum atomic E-state index is -0.478. The Labute approximate surface area is 124 Å². The summed E-state index contributed by atoms with van der Waals surface area (Å²) in [7, 11) is 3.37. The third kappa shape index (κ3) is 7.85. The Hall–Kier alpha value is -1.07. The van der Waals surface area contributed by atoms with Gasteiger partial charge in [-0.15, -0.1) is 0 Å². The van der Waals surface area contributed by atoms with Crippen molar-refractivity contribution in [2.75, 3.05) is 0 Å². The third-order valence-electron chi connectivity index (χ3n) is 1.59. The minimum absolute atomic E-state index is 0.0463. The molecule has 0 saturated carbocycles. The second-order valence-electron chi connectivity index (χ2n) is 2.68. The first-order valence-electron chi connectivity index (χ1n) is 5.99. The van der Waals surface area contributed by atoms with Crippen molar-refractivity contribution >= 4 is 23.2 Å². The Bertz CT molecular complexity index is 405. The zero-order valence-corrected chi connectivity index (χ0v) is 13.7. The minimum Gasteiger partial charge on any atom is -0.257 e. The van der Waals surface area contributed by atoms with Crippen LogP contribution in [-0.4, -0.2) is 19.6 Å². The van der Waals surface area contributed by atoms with Gasteiger partial charge in [-0.05, 0) is 6.07 Å². The van der Waals surface area contributed by atoms with Crippen molar-refractivity contribution in [1.82, 2.24) is 19.6 Å². The monoisotopic (exact) mass is 310 g/mol. The number of hydrogen-bond donors (Lipinski definition) is 0. The fourth-order valence-electron chi connectivity index (χ4n) is 0.754. The van der Waals surface area contributed by atoms with Crippen molar-refractivity contribution in [1.29, 1.82) is 0 Å². The first-order valence-corrected chi connectivity index (χ1v) is 6.74. The van der Waals surface area contributed by atoms with E-state index in [1.165, 1.54) is 4.68 Å². The van der Waals surface area contributed by atoms with Gasteiger partial charge in [-0.2, -0.15) is 10.2 Å². The van der Waals surface area contributed by atoms with Gasteiger partial charge in [0.05, 0.1) is 12.4 Å². The molecule has 2 aromatic rings. The molecule has 2 heterocycles. The summed E-state index contributed by atoms with van der Waals surface area (Å²) in [6, 6.07) is 1.74. The van der Waals surface area contributed by atoms with Crippen molar-refractivity contribution in [3.8, 4) is 0 Å². The number of halogens is 3. The van der Waals surface area contributed by atoms with Gasteiger partial charge in [0.25, 0.3) is 0 Å². The molecule has 0 fully saturated rings. The molecule has 0 aliphatic rings. The highest BCUT2D eigenvalue weighted by Gasteiger charge is 2.01. The van der Waals surface area contributed by atoms with Gasteiger partial charge in [0, 0.05) is 14.1 Å². The maximum absolute atomic E-state index is 12.1. The summed E-state index contributed by atoms with van der Waals surface area (Å²) in [5, 5.41) is 8.04. The van der Waals surface area contributed by atoms with E-state index in [4.69, 9.17) is 23.2 Å². The van der Waals surface area contributed by atoms with Gasteiger partial charge in [0.1, 0.15) is 5.15 Å². The Morgan fingerprint density at radius 1 is 1.00 bits per heavy atom. The predicted octanol–water partition coefficient (Wildman–Crippen LogP) is 4.34. The van der Waals surface area contributed by atoms with E-state index in [-0.39, 0.29) is 5.15 Å². The lowest BCUT2D eigenvalue weighted by molar-refractivity contribution is 0.625. The zero-order chi connectivity index (χ0) is 15.4. The first-order chi connectivity index (χ1) is 9.02. The summed E-state index contributed by atoms with van der Waals surface area (Å²) in [5.41, 5.74) is 0. The fraction of sp³-hybridized carbons (Fsp3) is 0.500. The van der Waals surface area contributed by atoms with E-state index in [9.17, 15) is 4.39 Å². The molecule has 0 spiro atoms. The van der Waals surface area contributed by atoms with Crippen molar-refractivity contribution in [3.63, 3.8) is 0 Å². The lowest BCUT2D eigenvalue weighted by Gasteiger charge is -1.85. The molecule has 110 valence electrons. The van der Waals surface area contributed by atoms with Gasteiger partial charge in [-0.3, -0.25) is 9.36 Å². The van der Waals surface area contributed by atoms with Crippen LogP contribution in [-0.2, 0) is 14.1 Å². The molecule has 2 aromatic heterocycles. The molecule has 0 aliphatic heterocycles. The molecule has 0 unspecified atom stereocenters. The molecule has 0 bridgehead atoms. The number of nitrogens with zero attached hydrogens (tertiary/aromatic N) is 4. The SMILES string of the molecule is CC.CC.Cn1ncc(F)c1Cl.Cn1nccc1Cl. The summed E-state index contributed by atoms with van der Waals surface area (Å²) >= 11 is 10.8. The number of rotatable bonds is 0. The van der Waals surface area contributed by atoms with E-state index >= 15 is 0 Å². The van der Waals surface area contributed by atoms with E-state index in [1.807, 2.05) is 27.7 Å². The quantitative estimate of drug-likeness (QED) is 0.725. The van der Waals surface area contributed by atoms with Crippen LogP contribution in [0.3, 0.4) is 0 Å². The Balaban J connectivity index is 0. The largest absolute Gasteiger partial charge is 0.257 e. The van der Waals surface area contributed by atoms with Gasteiger partial charge >= 0.3 is 0 Å². The Morgan fingerprint density at radius 3 is 1.63 bits per heavy atom. The molecule has 7 heteroatoms. The second kappa shape index (κ2) is 12.0. The average molecular weight is 311 g/mol. The Kier molecular flexibility index (Phi) is 12.8.